The molecule has 1 saturated carbocycles. The zero-order valence-electron chi connectivity index (χ0n) is 5.02. The summed E-state index contributed by atoms with van der Waals surface area (Å²) in [6.45, 7) is 0. The Hall–Kier alpha value is -0.370. The van der Waals surface area contributed by atoms with Gasteiger partial charge in [0, 0.05) is 25.7 Å². The summed E-state index contributed by atoms with van der Waals surface area (Å²) in [6, 6.07) is 0.549. The number of hydrogen-bond donors (Lipinski definition) is 1. The summed E-state index contributed by atoms with van der Waals surface area (Å²) in [5.41, 5.74) is 3.88. The van der Waals surface area contributed by atoms with Crippen molar-refractivity contribution in [3.05, 3.63) is 0 Å². The first-order valence-electron chi connectivity index (χ1n) is 3.14. The predicted molar refractivity (Wildman–Crippen MR) is 30.2 cm³/mol. The highest BCUT2D eigenvalue weighted by atomic mass is 16.1. The van der Waals surface area contributed by atoms with Crippen LogP contribution in [0.4, 0.5) is 0 Å². The lowest BCUT2D eigenvalue weighted by Gasteiger charge is -2.11. The smallest absolute Gasteiger partial charge is 0.133 e. The molecule has 2 heteroatoms. The van der Waals surface area contributed by atoms with Crippen molar-refractivity contribution in [3.63, 3.8) is 0 Å². The van der Waals surface area contributed by atoms with Gasteiger partial charge in [0.05, 0.1) is 6.04 Å². The third-order valence-electron chi connectivity index (χ3n) is 1.66. The molecular formula is C6H12NO+. The molecule has 0 unspecified atom stereocenters. The molecule has 1 fully saturated rings. The summed E-state index contributed by atoms with van der Waals surface area (Å²) in [7, 11) is 0. The monoisotopic (exact) mass is 114 g/mol. The van der Waals surface area contributed by atoms with Crippen molar-refractivity contribution in [1.29, 1.82) is 0 Å². The number of rotatable bonds is 0. The van der Waals surface area contributed by atoms with Gasteiger partial charge in [-0.1, -0.05) is 0 Å². The van der Waals surface area contributed by atoms with Gasteiger partial charge < -0.3 is 5.73 Å². The molecule has 0 aromatic rings. The zero-order valence-corrected chi connectivity index (χ0v) is 5.02. The van der Waals surface area contributed by atoms with Crippen molar-refractivity contribution in [1.82, 2.24) is 0 Å². The number of carbonyl (C=O) groups is 1. The van der Waals surface area contributed by atoms with Crippen molar-refractivity contribution in [2.75, 3.05) is 0 Å². The highest BCUT2D eigenvalue weighted by Crippen LogP contribution is 2.10. The fourth-order valence-electron chi connectivity index (χ4n) is 1.000. The van der Waals surface area contributed by atoms with E-state index in [0.29, 0.717) is 11.8 Å². The van der Waals surface area contributed by atoms with Crippen LogP contribution in [-0.4, -0.2) is 11.8 Å². The highest BCUT2D eigenvalue weighted by Gasteiger charge is 2.16. The van der Waals surface area contributed by atoms with Crippen LogP contribution in [0.15, 0.2) is 0 Å². The lowest BCUT2D eigenvalue weighted by atomic mass is 9.95. The number of Topliss-reactive ketones (excluding diaryl/α,β-unsaturated/α-hetero) is 1. The van der Waals surface area contributed by atoms with Crippen molar-refractivity contribution >= 4 is 5.78 Å². The van der Waals surface area contributed by atoms with E-state index in [9.17, 15) is 4.79 Å². The minimum atomic E-state index is 0.421. The molecule has 1 aliphatic rings. The molecule has 0 atom stereocenters. The van der Waals surface area contributed by atoms with Crippen molar-refractivity contribution in [2.45, 2.75) is 31.7 Å². The van der Waals surface area contributed by atoms with Gasteiger partial charge in [0.1, 0.15) is 5.78 Å². The Bertz CT molecular complexity index is 90.7. The van der Waals surface area contributed by atoms with E-state index in [1.807, 2.05) is 0 Å². The first-order chi connectivity index (χ1) is 3.79. The van der Waals surface area contributed by atoms with Gasteiger partial charge in [-0.15, -0.1) is 0 Å². The average molecular weight is 114 g/mol. The van der Waals surface area contributed by atoms with Crippen LogP contribution in [0.3, 0.4) is 0 Å². The molecule has 0 aliphatic heterocycles. The van der Waals surface area contributed by atoms with Gasteiger partial charge in [-0.3, -0.25) is 4.79 Å². The molecule has 2 nitrogen and oxygen atoms in total. The van der Waals surface area contributed by atoms with Crippen molar-refractivity contribution in [2.24, 2.45) is 0 Å². The van der Waals surface area contributed by atoms with Gasteiger partial charge in [-0.25, -0.2) is 0 Å². The first kappa shape index (κ1) is 5.76. The second-order valence-electron chi connectivity index (χ2n) is 2.48. The summed E-state index contributed by atoms with van der Waals surface area (Å²) in [5.74, 6) is 0.421. The fourth-order valence-corrected chi connectivity index (χ4v) is 1.000. The van der Waals surface area contributed by atoms with Crippen LogP contribution < -0.4 is 5.73 Å². The molecule has 0 aromatic carbocycles. The molecule has 1 aliphatic carbocycles. The highest BCUT2D eigenvalue weighted by molar-refractivity contribution is 5.79. The lowest BCUT2D eigenvalue weighted by molar-refractivity contribution is -0.423. The zero-order chi connectivity index (χ0) is 5.98. The van der Waals surface area contributed by atoms with E-state index < -0.39 is 0 Å². The number of carbonyl (C=O) groups excluding carboxylic acids is 1. The summed E-state index contributed by atoms with van der Waals surface area (Å²) < 4.78 is 0. The number of ketones is 1. The molecule has 0 radical (unpaired) electrons. The first-order valence-corrected chi connectivity index (χ1v) is 3.14. The molecule has 0 aromatic heterocycles. The molecule has 0 bridgehead atoms. The van der Waals surface area contributed by atoms with Gasteiger partial charge in [-0.2, -0.15) is 0 Å². The molecule has 1 rings (SSSR count). The minimum Gasteiger partial charge on any atom is -0.355 e. The fraction of sp³-hybridized carbons (Fsp3) is 0.833. The number of quaternary nitrogens is 1. The average Bonchev–Trinajstić information content (AvgIpc) is 1.77. The Balaban J connectivity index is 2.29. The van der Waals surface area contributed by atoms with Gasteiger partial charge in [0.15, 0.2) is 0 Å². The Labute approximate surface area is 49.1 Å². The van der Waals surface area contributed by atoms with E-state index in [0.717, 1.165) is 25.7 Å². The summed E-state index contributed by atoms with van der Waals surface area (Å²) in [6.07, 6.45) is 3.57. The van der Waals surface area contributed by atoms with E-state index in [4.69, 9.17) is 0 Å². The summed E-state index contributed by atoms with van der Waals surface area (Å²) >= 11 is 0. The quantitative estimate of drug-likeness (QED) is 0.463. The largest absolute Gasteiger partial charge is 0.355 e. The standard InChI is InChI=1S/C6H11NO/c7-5-1-3-6(8)4-2-5/h5H,1-4,7H2/p+1. The summed E-state index contributed by atoms with van der Waals surface area (Å²) in [5, 5.41) is 0. The van der Waals surface area contributed by atoms with E-state index in [1.54, 1.807) is 0 Å². The van der Waals surface area contributed by atoms with Crippen molar-refractivity contribution in [3.8, 4) is 0 Å². The van der Waals surface area contributed by atoms with Crippen LogP contribution in [0, 0.1) is 0 Å². The van der Waals surface area contributed by atoms with Crippen LogP contribution in [0.25, 0.3) is 0 Å². The van der Waals surface area contributed by atoms with Gasteiger partial charge in [0.2, 0.25) is 0 Å². The Morgan fingerprint density at radius 2 is 1.88 bits per heavy atom. The SMILES string of the molecule is [NH3+]C1CCC(=O)CC1. The third-order valence-corrected chi connectivity index (χ3v) is 1.66. The minimum absolute atomic E-state index is 0.421. The number of hydrogen-bond acceptors (Lipinski definition) is 1. The maximum absolute atomic E-state index is 10.6. The maximum Gasteiger partial charge on any atom is 0.133 e. The molecule has 0 saturated heterocycles. The van der Waals surface area contributed by atoms with Crippen LogP contribution >= 0.6 is 0 Å². The van der Waals surface area contributed by atoms with Crippen LogP contribution in [-0.2, 0) is 4.79 Å². The Kier molecular flexibility index (Phi) is 1.63. The lowest BCUT2D eigenvalue weighted by Crippen LogP contribution is -2.61. The second kappa shape index (κ2) is 2.27. The van der Waals surface area contributed by atoms with Gasteiger partial charge in [-0.05, 0) is 0 Å². The summed E-state index contributed by atoms with van der Waals surface area (Å²) in [4.78, 5) is 10.6. The van der Waals surface area contributed by atoms with Crippen LogP contribution in [0.1, 0.15) is 25.7 Å². The molecule has 0 amide bonds. The Morgan fingerprint density at radius 3 is 2.25 bits per heavy atom. The van der Waals surface area contributed by atoms with Gasteiger partial charge in [0.25, 0.3) is 0 Å². The van der Waals surface area contributed by atoms with Crippen molar-refractivity contribution < 1.29 is 10.5 Å². The van der Waals surface area contributed by atoms with Gasteiger partial charge >= 0.3 is 0 Å². The van der Waals surface area contributed by atoms with Crippen LogP contribution in [0.5, 0.6) is 0 Å². The molecule has 46 valence electrons. The topological polar surface area (TPSA) is 44.7 Å². The second-order valence-corrected chi connectivity index (χ2v) is 2.48. The maximum atomic E-state index is 10.6. The molecule has 0 heterocycles. The predicted octanol–water partition coefficient (Wildman–Crippen LogP) is -0.260. The normalized spacial score (nSPS) is 23.9. The molecule has 8 heavy (non-hydrogen) atoms. The van der Waals surface area contributed by atoms with E-state index in [-0.39, 0.29) is 0 Å². The third kappa shape index (κ3) is 1.30. The van der Waals surface area contributed by atoms with E-state index in [1.165, 1.54) is 0 Å². The van der Waals surface area contributed by atoms with Crippen LogP contribution in [0.2, 0.25) is 0 Å². The van der Waals surface area contributed by atoms with E-state index >= 15 is 0 Å². The molecular weight excluding hydrogens is 102 g/mol. The van der Waals surface area contributed by atoms with E-state index in [2.05, 4.69) is 5.73 Å². The Morgan fingerprint density at radius 1 is 1.38 bits per heavy atom. The molecule has 0 spiro atoms. The molecule has 3 N–H and O–H groups in total.